The zero-order valence-corrected chi connectivity index (χ0v) is 12.4. The van der Waals surface area contributed by atoms with Crippen LogP contribution >= 0.6 is 11.6 Å². The van der Waals surface area contributed by atoms with Gasteiger partial charge in [-0.15, -0.1) is 0 Å². The zero-order valence-electron chi connectivity index (χ0n) is 10.8. The minimum absolute atomic E-state index is 0.0236. The van der Waals surface area contributed by atoms with E-state index in [0.29, 0.717) is 18.5 Å². The van der Waals surface area contributed by atoms with Crippen LogP contribution in [0.4, 0.5) is 5.69 Å². The Balaban J connectivity index is 3.03. The summed E-state index contributed by atoms with van der Waals surface area (Å²) in [4.78, 5) is 10.4. The Labute approximate surface area is 116 Å². The SMILES string of the molecule is CCCc1nn(CCS(=O)(=O)CC)c(Cl)c1[N+](=O)[O-]. The van der Waals surface area contributed by atoms with Gasteiger partial charge in [-0.2, -0.15) is 5.10 Å². The van der Waals surface area contributed by atoms with Crippen molar-refractivity contribution in [2.45, 2.75) is 33.2 Å². The molecule has 0 bridgehead atoms. The van der Waals surface area contributed by atoms with Crippen LogP contribution in [0.1, 0.15) is 26.0 Å². The molecule has 0 amide bonds. The first-order valence-electron chi connectivity index (χ1n) is 5.92. The average Bonchev–Trinajstić information content (AvgIpc) is 2.64. The predicted octanol–water partition coefficient (Wildman–Crippen LogP) is 1.83. The molecule has 0 spiro atoms. The molecule has 1 aromatic heterocycles. The number of sulfone groups is 1. The molecule has 0 aliphatic heterocycles. The van der Waals surface area contributed by atoms with Gasteiger partial charge in [-0.05, 0) is 6.42 Å². The fraction of sp³-hybridized carbons (Fsp3) is 0.700. The summed E-state index contributed by atoms with van der Waals surface area (Å²) >= 11 is 5.90. The predicted molar refractivity (Wildman–Crippen MR) is 72.2 cm³/mol. The lowest BCUT2D eigenvalue weighted by atomic mass is 10.2. The van der Waals surface area contributed by atoms with Gasteiger partial charge in [0.1, 0.15) is 5.69 Å². The van der Waals surface area contributed by atoms with Gasteiger partial charge in [0.05, 0.1) is 17.2 Å². The van der Waals surface area contributed by atoms with Gasteiger partial charge in [-0.25, -0.2) is 13.1 Å². The van der Waals surface area contributed by atoms with Crippen LogP contribution in [-0.2, 0) is 22.8 Å². The molecule has 0 aliphatic rings. The summed E-state index contributed by atoms with van der Waals surface area (Å²) in [5.41, 5.74) is 0.0730. The van der Waals surface area contributed by atoms with Gasteiger partial charge in [0.15, 0.2) is 9.84 Å². The summed E-state index contributed by atoms with van der Waals surface area (Å²) < 4.78 is 24.0. The fourth-order valence-electron chi connectivity index (χ4n) is 1.58. The first-order valence-corrected chi connectivity index (χ1v) is 8.12. The molecule has 0 aromatic carbocycles. The van der Waals surface area contributed by atoms with Gasteiger partial charge in [0, 0.05) is 5.75 Å². The minimum Gasteiger partial charge on any atom is -0.258 e. The maximum atomic E-state index is 11.4. The molecule has 0 aliphatic carbocycles. The number of aromatic nitrogens is 2. The third-order valence-electron chi connectivity index (χ3n) is 2.66. The molecule has 108 valence electrons. The van der Waals surface area contributed by atoms with Crippen molar-refractivity contribution in [3.05, 3.63) is 21.0 Å². The number of halogens is 1. The quantitative estimate of drug-likeness (QED) is 0.565. The van der Waals surface area contributed by atoms with Crippen LogP contribution in [0.3, 0.4) is 0 Å². The van der Waals surface area contributed by atoms with E-state index in [2.05, 4.69) is 5.10 Å². The third kappa shape index (κ3) is 3.90. The number of rotatable bonds is 7. The van der Waals surface area contributed by atoms with E-state index in [0.717, 1.165) is 0 Å². The monoisotopic (exact) mass is 309 g/mol. The Kier molecular flexibility index (Phi) is 5.30. The van der Waals surface area contributed by atoms with Crippen LogP contribution in [0, 0.1) is 10.1 Å². The van der Waals surface area contributed by atoms with E-state index < -0.39 is 14.8 Å². The third-order valence-corrected chi connectivity index (χ3v) is 4.72. The molecule has 9 heteroatoms. The molecule has 0 unspecified atom stereocenters. The molecule has 0 radical (unpaired) electrons. The van der Waals surface area contributed by atoms with Crippen molar-refractivity contribution in [1.29, 1.82) is 0 Å². The molecule has 7 nitrogen and oxygen atoms in total. The Hall–Kier alpha value is -1.15. The highest BCUT2D eigenvalue weighted by atomic mass is 35.5. The van der Waals surface area contributed by atoms with Crippen LogP contribution in [0.25, 0.3) is 0 Å². The topological polar surface area (TPSA) is 95.1 Å². The van der Waals surface area contributed by atoms with Crippen molar-refractivity contribution in [3.63, 3.8) is 0 Å². The average molecular weight is 310 g/mol. The van der Waals surface area contributed by atoms with E-state index in [1.54, 1.807) is 6.92 Å². The zero-order chi connectivity index (χ0) is 14.6. The van der Waals surface area contributed by atoms with Crippen molar-refractivity contribution < 1.29 is 13.3 Å². The standard InChI is InChI=1S/C10H16ClN3O4S/c1-3-5-8-9(14(15)16)10(11)13(12-8)6-7-19(17,18)4-2/h3-7H2,1-2H3. The van der Waals surface area contributed by atoms with Crippen molar-refractivity contribution in [1.82, 2.24) is 9.78 Å². The van der Waals surface area contributed by atoms with Crippen molar-refractivity contribution in [2.24, 2.45) is 0 Å². The molecule has 19 heavy (non-hydrogen) atoms. The molecular weight excluding hydrogens is 294 g/mol. The Bertz CT molecular complexity index is 568. The summed E-state index contributed by atoms with van der Waals surface area (Å²) in [6.07, 6.45) is 1.13. The van der Waals surface area contributed by atoms with Crippen LogP contribution in [0.2, 0.25) is 5.15 Å². The van der Waals surface area contributed by atoms with E-state index in [1.807, 2.05) is 6.92 Å². The smallest absolute Gasteiger partial charge is 0.258 e. The van der Waals surface area contributed by atoms with E-state index in [4.69, 9.17) is 11.6 Å². The Morgan fingerprint density at radius 3 is 2.53 bits per heavy atom. The summed E-state index contributed by atoms with van der Waals surface area (Å²) in [5.74, 6) is -0.108. The van der Waals surface area contributed by atoms with Gasteiger partial charge in [0.2, 0.25) is 5.15 Å². The molecule has 1 heterocycles. The summed E-state index contributed by atoms with van der Waals surface area (Å²) in [5, 5.41) is 14.9. The maximum absolute atomic E-state index is 11.4. The fourth-order valence-corrected chi connectivity index (χ4v) is 2.62. The lowest BCUT2D eigenvalue weighted by molar-refractivity contribution is -0.385. The van der Waals surface area contributed by atoms with Crippen LogP contribution in [0.5, 0.6) is 0 Å². The van der Waals surface area contributed by atoms with Crippen LogP contribution < -0.4 is 0 Å². The molecule has 1 aromatic rings. The van der Waals surface area contributed by atoms with Crippen molar-refractivity contribution in [2.75, 3.05) is 11.5 Å². The molecule has 1 rings (SSSR count). The number of hydrogen-bond acceptors (Lipinski definition) is 5. The highest BCUT2D eigenvalue weighted by Gasteiger charge is 2.26. The first kappa shape index (κ1) is 15.9. The lowest BCUT2D eigenvalue weighted by Gasteiger charge is -2.02. The molecule has 0 fully saturated rings. The first-order chi connectivity index (χ1) is 8.82. The van der Waals surface area contributed by atoms with Gasteiger partial charge in [0.25, 0.3) is 0 Å². The maximum Gasteiger partial charge on any atom is 0.329 e. The van der Waals surface area contributed by atoms with Crippen LogP contribution in [-0.4, -0.2) is 34.6 Å². The largest absolute Gasteiger partial charge is 0.329 e. The van der Waals surface area contributed by atoms with E-state index in [9.17, 15) is 18.5 Å². The van der Waals surface area contributed by atoms with Gasteiger partial charge < -0.3 is 0 Å². The van der Waals surface area contributed by atoms with Crippen molar-refractivity contribution >= 4 is 27.1 Å². The van der Waals surface area contributed by atoms with Crippen molar-refractivity contribution in [3.8, 4) is 0 Å². The molecular formula is C10H16ClN3O4S. The second kappa shape index (κ2) is 6.33. The van der Waals surface area contributed by atoms with E-state index in [1.165, 1.54) is 4.68 Å². The normalized spacial score (nSPS) is 11.7. The lowest BCUT2D eigenvalue weighted by Crippen LogP contribution is -2.15. The van der Waals surface area contributed by atoms with Gasteiger partial charge >= 0.3 is 5.69 Å². The number of nitrogens with zero attached hydrogens (tertiary/aromatic N) is 3. The Morgan fingerprint density at radius 1 is 1.42 bits per heavy atom. The van der Waals surface area contributed by atoms with Gasteiger partial charge in [-0.1, -0.05) is 31.9 Å². The van der Waals surface area contributed by atoms with E-state index in [-0.39, 0.29) is 28.9 Å². The number of nitro groups is 1. The highest BCUT2D eigenvalue weighted by molar-refractivity contribution is 7.91. The number of aryl methyl sites for hydroxylation is 2. The second-order valence-electron chi connectivity index (χ2n) is 4.05. The van der Waals surface area contributed by atoms with Gasteiger partial charge in [-0.3, -0.25) is 10.1 Å². The second-order valence-corrected chi connectivity index (χ2v) is 6.88. The summed E-state index contributed by atoms with van der Waals surface area (Å²) in [6, 6.07) is 0. The Morgan fingerprint density at radius 2 is 2.05 bits per heavy atom. The van der Waals surface area contributed by atoms with Crippen LogP contribution in [0.15, 0.2) is 0 Å². The molecule has 0 saturated heterocycles. The minimum atomic E-state index is -3.16. The molecule has 0 atom stereocenters. The number of hydrogen-bond donors (Lipinski definition) is 0. The highest BCUT2D eigenvalue weighted by Crippen LogP contribution is 2.29. The van der Waals surface area contributed by atoms with E-state index >= 15 is 0 Å². The summed E-state index contributed by atoms with van der Waals surface area (Å²) in [6.45, 7) is 3.45. The molecule has 0 saturated carbocycles. The summed E-state index contributed by atoms with van der Waals surface area (Å²) in [7, 11) is -3.16. The molecule has 0 N–H and O–H groups in total.